The summed E-state index contributed by atoms with van der Waals surface area (Å²) < 4.78 is 0. The summed E-state index contributed by atoms with van der Waals surface area (Å²) in [7, 11) is 0. The first-order valence-electron chi connectivity index (χ1n) is 4.97. The monoisotopic (exact) mass is 185 g/mol. The maximum Gasteiger partial charge on any atom is 0.220 e. The average molecular weight is 185 g/mol. The topological polar surface area (TPSA) is 63.3 Å². The van der Waals surface area contributed by atoms with E-state index in [1.54, 1.807) is 0 Å². The molecule has 1 rings (SSSR count). The molecule has 0 aromatic carbocycles. The SMILES string of the molecule is CC(C)[C@]1(O)CC[C@H](C(N)=O)CC1. The molecule has 1 saturated carbocycles. The number of aliphatic hydroxyl groups is 1. The second-order valence-electron chi connectivity index (χ2n) is 4.43. The van der Waals surface area contributed by atoms with E-state index in [2.05, 4.69) is 0 Å². The predicted octanol–water partition coefficient (Wildman–Crippen LogP) is 1.05. The summed E-state index contributed by atoms with van der Waals surface area (Å²) in [6.45, 7) is 4.04. The van der Waals surface area contributed by atoms with E-state index < -0.39 is 5.60 Å². The van der Waals surface area contributed by atoms with E-state index in [0.717, 1.165) is 12.8 Å². The van der Waals surface area contributed by atoms with Crippen molar-refractivity contribution in [3.05, 3.63) is 0 Å². The first-order chi connectivity index (χ1) is 5.96. The first kappa shape index (κ1) is 10.5. The van der Waals surface area contributed by atoms with E-state index in [-0.39, 0.29) is 17.7 Å². The minimum Gasteiger partial charge on any atom is -0.390 e. The highest BCUT2D eigenvalue weighted by Crippen LogP contribution is 2.36. The Kier molecular flexibility index (Phi) is 2.96. The lowest BCUT2D eigenvalue weighted by atomic mass is 9.73. The summed E-state index contributed by atoms with van der Waals surface area (Å²) in [5.41, 5.74) is 4.65. The van der Waals surface area contributed by atoms with Gasteiger partial charge in [-0.1, -0.05) is 13.8 Å². The zero-order chi connectivity index (χ0) is 10.1. The normalized spacial score (nSPS) is 34.9. The van der Waals surface area contributed by atoms with Crippen molar-refractivity contribution < 1.29 is 9.90 Å². The number of rotatable bonds is 2. The van der Waals surface area contributed by atoms with Gasteiger partial charge in [0, 0.05) is 5.92 Å². The molecule has 0 saturated heterocycles. The second kappa shape index (κ2) is 3.66. The van der Waals surface area contributed by atoms with Gasteiger partial charge in [-0.2, -0.15) is 0 Å². The van der Waals surface area contributed by atoms with E-state index in [9.17, 15) is 9.90 Å². The van der Waals surface area contributed by atoms with Crippen LogP contribution in [0.15, 0.2) is 0 Å². The molecular weight excluding hydrogens is 166 g/mol. The highest BCUT2D eigenvalue weighted by Gasteiger charge is 2.37. The fraction of sp³-hybridized carbons (Fsp3) is 0.900. The van der Waals surface area contributed by atoms with Crippen LogP contribution < -0.4 is 5.73 Å². The molecule has 13 heavy (non-hydrogen) atoms. The van der Waals surface area contributed by atoms with Crippen molar-refractivity contribution >= 4 is 5.91 Å². The minimum absolute atomic E-state index is 0.0148. The smallest absolute Gasteiger partial charge is 0.220 e. The van der Waals surface area contributed by atoms with E-state index in [0.29, 0.717) is 12.8 Å². The molecule has 0 bridgehead atoms. The Hall–Kier alpha value is -0.570. The van der Waals surface area contributed by atoms with Crippen molar-refractivity contribution in [3.63, 3.8) is 0 Å². The number of primary amides is 1. The lowest BCUT2D eigenvalue weighted by Gasteiger charge is -2.38. The molecule has 0 aliphatic heterocycles. The summed E-state index contributed by atoms with van der Waals surface area (Å²) in [4.78, 5) is 10.9. The van der Waals surface area contributed by atoms with Gasteiger partial charge >= 0.3 is 0 Å². The van der Waals surface area contributed by atoms with Crippen molar-refractivity contribution in [3.8, 4) is 0 Å². The van der Waals surface area contributed by atoms with Crippen LogP contribution in [0.1, 0.15) is 39.5 Å². The molecule has 1 aliphatic rings. The molecule has 0 aromatic heterocycles. The zero-order valence-corrected chi connectivity index (χ0v) is 8.42. The first-order valence-corrected chi connectivity index (χ1v) is 4.97. The lowest BCUT2D eigenvalue weighted by Crippen LogP contribution is -2.41. The third kappa shape index (κ3) is 2.21. The van der Waals surface area contributed by atoms with Crippen molar-refractivity contribution in [2.75, 3.05) is 0 Å². The van der Waals surface area contributed by atoms with E-state index in [1.165, 1.54) is 0 Å². The van der Waals surface area contributed by atoms with Crippen LogP contribution in [0.4, 0.5) is 0 Å². The molecule has 1 fully saturated rings. The molecule has 3 N–H and O–H groups in total. The molecular formula is C10H19NO2. The van der Waals surface area contributed by atoms with Gasteiger partial charge in [0.2, 0.25) is 5.91 Å². The molecule has 0 unspecified atom stereocenters. The van der Waals surface area contributed by atoms with Crippen LogP contribution in [0.5, 0.6) is 0 Å². The predicted molar refractivity (Wildman–Crippen MR) is 50.9 cm³/mol. The summed E-state index contributed by atoms with van der Waals surface area (Å²) in [6, 6.07) is 0. The van der Waals surface area contributed by atoms with Crippen LogP contribution in [-0.2, 0) is 4.79 Å². The third-order valence-corrected chi connectivity index (χ3v) is 3.33. The number of hydrogen-bond donors (Lipinski definition) is 2. The summed E-state index contributed by atoms with van der Waals surface area (Å²) >= 11 is 0. The Labute approximate surface area is 79.3 Å². The van der Waals surface area contributed by atoms with Gasteiger partial charge in [0.05, 0.1) is 5.60 Å². The van der Waals surface area contributed by atoms with Crippen molar-refractivity contribution in [2.45, 2.75) is 45.1 Å². The number of amides is 1. The largest absolute Gasteiger partial charge is 0.390 e. The molecule has 0 heterocycles. The average Bonchev–Trinajstić information content (AvgIpc) is 2.04. The van der Waals surface area contributed by atoms with Gasteiger partial charge in [-0.25, -0.2) is 0 Å². The fourth-order valence-corrected chi connectivity index (χ4v) is 1.98. The Morgan fingerprint density at radius 2 is 1.92 bits per heavy atom. The summed E-state index contributed by atoms with van der Waals surface area (Å²) in [5.74, 6) is 0.0335. The van der Waals surface area contributed by atoms with Gasteiger partial charge in [-0.15, -0.1) is 0 Å². The van der Waals surface area contributed by atoms with Crippen LogP contribution in [0.2, 0.25) is 0 Å². The van der Waals surface area contributed by atoms with E-state index in [1.807, 2.05) is 13.8 Å². The standard InChI is InChI=1S/C10H19NO2/c1-7(2)10(13)5-3-8(4-6-10)9(11)12/h7-8,13H,3-6H2,1-2H3,(H2,11,12)/t8-,10-. The molecule has 76 valence electrons. The maximum atomic E-state index is 10.9. The van der Waals surface area contributed by atoms with Crippen LogP contribution >= 0.6 is 0 Å². The van der Waals surface area contributed by atoms with Gasteiger partial charge in [0.15, 0.2) is 0 Å². The lowest BCUT2D eigenvalue weighted by molar-refractivity contribution is -0.125. The van der Waals surface area contributed by atoms with Gasteiger partial charge in [0.25, 0.3) is 0 Å². The molecule has 0 atom stereocenters. The molecule has 0 spiro atoms. The van der Waals surface area contributed by atoms with Gasteiger partial charge in [-0.3, -0.25) is 4.79 Å². The molecule has 1 amide bonds. The van der Waals surface area contributed by atoms with Crippen molar-refractivity contribution in [1.29, 1.82) is 0 Å². The van der Waals surface area contributed by atoms with Crippen molar-refractivity contribution in [2.24, 2.45) is 17.6 Å². The Morgan fingerprint density at radius 3 is 2.23 bits per heavy atom. The molecule has 1 aliphatic carbocycles. The van der Waals surface area contributed by atoms with Crippen molar-refractivity contribution in [1.82, 2.24) is 0 Å². The van der Waals surface area contributed by atoms with Gasteiger partial charge in [-0.05, 0) is 31.6 Å². The van der Waals surface area contributed by atoms with Crippen LogP contribution in [0, 0.1) is 11.8 Å². The number of hydrogen-bond acceptors (Lipinski definition) is 2. The van der Waals surface area contributed by atoms with Gasteiger partial charge < -0.3 is 10.8 Å². The molecule has 0 aromatic rings. The summed E-state index contributed by atoms with van der Waals surface area (Å²) in [6.07, 6.45) is 2.89. The molecule has 3 nitrogen and oxygen atoms in total. The van der Waals surface area contributed by atoms with E-state index >= 15 is 0 Å². The molecule has 0 radical (unpaired) electrons. The fourth-order valence-electron chi connectivity index (χ4n) is 1.98. The number of nitrogens with two attached hydrogens (primary N) is 1. The van der Waals surface area contributed by atoms with Crippen LogP contribution in [0.25, 0.3) is 0 Å². The minimum atomic E-state index is -0.564. The number of carbonyl (C=O) groups is 1. The second-order valence-corrected chi connectivity index (χ2v) is 4.43. The molecule has 3 heteroatoms. The van der Waals surface area contributed by atoms with Crippen LogP contribution in [0.3, 0.4) is 0 Å². The van der Waals surface area contributed by atoms with Gasteiger partial charge in [0.1, 0.15) is 0 Å². The summed E-state index contributed by atoms with van der Waals surface area (Å²) in [5, 5.41) is 10.1. The van der Waals surface area contributed by atoms with E-state index in [4.69, 9.17) is 5.73 Å². The highest BCUT2D eigenvalue weighted by molar-refractivity contribution is 5.76. The zero-order valence-electron chi connectivity index (χ0n) is 8.42. The highest BCUT2D eigenvalue weighted by atomic mass is 16.3. The van der Waals surface area contributed by atoms with Crippen LogP contribution in [-0.4, -0.2) is 16.6 Å². The Morgan fingerprint density at radius 1 is 1.46 bits per heavy atom. The number of carbonyl (C=O) groups excluding carboxylic acids is 1. The Bertz CT molecular complexity index is 193. The third-order valence-electron chi connectivity index (χ3n) is 3.33. The Balaban J connectivity index is 2.51. The quantitative estimate of drug-likeness (QED) is 0.675. The maximum absolute atomic E-state index is 10.9.